The molecule has 0 aliphatic heterocycles. The molecule has 0 saturated carbocycles. The second kappa shape index (κ2) is 7.69. The Kier molecular flexibility index (Phi) is 5.17. The highest BCUT2D eigenvalue weighted by atomic mass is 32.1. The van der Waals surface area contributed by atoms with Crippen LogP contribution >= 0.6 is 11.3 Å². The van der Waals surface area contributed by atoms with Gasteiger partial charge in [0.05, 0.1) is 12.5 Å². The zero-order valence-electron chi connectivity index (χ0n) is 13.0. The molecule has 0 fully saturated rings. The summed E-state index contributed by atoms with van der Waals surface area (Å²) in [6.45, 7) is 2.48. The van der Waals surface area contributed by atoms with Crippen molar-refractivity contribution < 1.29 is 9.53 Å². The van der Waals surface area contributed by atoms with E-state index in [-0.39, 0.29) is 5.91 Å². The van der Waals surface area contributed by atoms with Gasteiger partial charge in [0.2, 0.25) is 5.91 Å². The van der Waals surface area contributed by atoms with Crippen LogP contribution in [0.2, 0.25) is 0 Å². The lowest BCUT2D eigenvalue weighted by Crippen LogP contribution is -2.24. The van der Waals surface area contributed by atoms with Gasteiger partial charge < -0.3 is 15.2 Å². The number of carbonyl (C=O) groups is 1. The molecular formula is C16H16N5O2S-. The molecule has 1 atom stereocenters. The number of nitrogens with one attached hydrogen (secondary N) is 1. The van der Waals surface area contributed by atoms with Crippen LogP contribution in [0.25, 0.3) is 0 Å². The van der Waals surface area contributed by atoms with Crippen LogP contribution in [0.1, 0.15) is 23.5 Å². The highest BCUT2D eigenvalue weighted by Crippen LogP contribution is 2.23. The van der Waals surface area contributed by atoms with E-state index >= 15 is 0 Å². The third-order valence-electron chi connectivity index (χ3n) is 3.36. The fourth-order valence-electron chi connectivity index (χ4n) is 2.28. The molecular weight excluding hydrogens is 326 g/mol. The summed E-state index contributed by atoms with van der Waals surface area (Å²) in [6, 6.07) is 11.2. The fourth-order valence-corrected chi connectivity index (χ4v) is 3.03. The number of anilines is 1. The zero-order chi connectivity index (χ0) is 16.8. The molecule has 0 radical (unpaired) electrons. The van der Waals surface area contributed by atoms with Crippen molar-refractivity contribution >= 4 is 22.9 Å². The maximum absolute atomic E-state index is 12.7. The first-order chi connectivity index (χ1) is 11.8. The number of benzene rings is 1. The van der Waals surface area contributed by atoms with E-state index in [0.717, 1.165) is 4.88 Å². The van der Waals surface area contributed by atoms with Crippen molar-refractivity contribution in [2.24, 2.45) is 0 Å². The molecule has 1 N–H and O–H groups in total. The molecule has 0 unspecified atom stereocenters. The van der Waals surface area contributed by atoms with Crippen molar-refractivity contribution in [3.8, 4) is 5.75 Å². The van der Waals surface area contributed by atoms with Crippen molar-refractivity contribution in [1.82, 2.24) is 20.6 Å². The van der Waals surface area contributed by atoms with Crippen LogP contribution in [-0.4, -0.2) is 28.0 Å². The fraction of sp³-hybridized carbons (Fsp3) is 0.250. The average molecular weight is 342 g/mol. The maximum atomic E-state index is 12.7. The SMILES string of the molecule is CCOc1cccc(NC(=O)[C@H](Cc2cccs2)c2nnn[n-]2)c1. The molecule has 2 aromatic heterocycles. The normalized spacial score (nSPS) is 11.9. The van der Waals surface area contributed by atoms with Crippen molar-refractivity contribution in [1.29, 1.82) is 0 Å². The summed E-state index contributed by atoms with van der Waals surface area (Å²) in [4.78, 5) is 13.8. The van der Waals surface area contributed by atoms with Crippen molar-refractivity contribution in [2.75, 3.05) is 11.9 Å². The smallest absolute Gasteiger partial charge is 0.232 e. The van der Waals surface area contributed by atoms with Gasteiger partial charge in [-0.2, -0.15) is 5.21 Å². The highest BCUT2D eigenvalue weighted by molar-refractivity contribution is 7.09. The second-order valence-electron chi connectivity index (χ2n) is 5.02. The van der Waals surface area contributed by atoms with Gasteiger partial charge in [0.1, 0.15) is 5.75 Å². The third-order valence-corrected chi connectivity index (χ3v) is 4.26. The summed E-state index contributed by atoms with van der Waals surface area (Å²) in [5.74, 6) is 0.279. The van der Waals surface area contributed by atoms with Crippen molar-refractivity contribution in [3.05, 3.63) is 52.5 Å². The van der Waals surface area contributed by atoms with E-state index in [4.69, 9.17) is 4.74 Å². The number of carbonyl (C=O) groups excluding carboxylic acids is 1. The number of hydrogen-bond donors (Lipinski definition) is 1. The molecule has 0 spiro atoms. The Morgan fingerprint density at radius 1 is 1.38 bits per heavy atom. The van der Waals surface area contributed by atoms with E-state index in [1.165, 1.54) is 0 Å². The van der Waals surface area contributed by atoms with Gasteiger partial charge >= 0.3 is 0 Å². The number of aromatic nitrogens is 4. The molecule has 2 heterocycles. The van der Waals surface area contributed by atoms with Gasteiger partial charge in [-0.15, -0.1) is 11.3 Å². The lowest BCUT2D eigenvalue weighted by atomic mass is 10.0. The molecule has 0 bridgehead atoms. The van der Waals surface area contributed by atoms with Crippen LogP contribution < -0.4 is 15.2 Å². The average Bonchev–Trinajstić information content (AvgIpc) is 3.27. The summed E-state index contributed by atoms with van der Waals surface area (Å²) in [6.07, 6.45) is 0.502. The Labute approximate surface area is 143 Å². The molecule has 0 aliphatic rings. The van der Waals surface area contributed by atoms with Gasteiger partial charge in [0, 0.05) is 22.5 Å². The number of ether oxygens (including phenoxy) is 1. The third kappa shape index (κ3) is 3.96. The lowest BCUT2D eigenvalue weighted by molar-refractivity contribution is -0.117. The van der Waals surface area contributed by atoms with Crippen LogP contribution in [0.15, 0.2) is 41.8 Å². The first-order valence-corrected chi connectivity index (χ1v) is 8.39. The predicted molar refractivity (Wildman–Crippen MR) is 90.2 cm³/mol. The maximum Gasteiger partial charge on any atom is 0.232 e. The Hall–Kier alpha value is -2.74. The van der Waals surface area contributed by atoms with E-state index < -0.39 is 5.92 Å². The lowest BCUT2D eigenvalue weighted by Gasteiger charge is -2.16. The minimum Gasteiger partial charge on any atom is -0.494 e. The zero-order valence-corrected chi connectivity index (χ0v) is 13.9. The Morgan fingerprint density at radius 3 is 3.00 bits per heavy atom. The van der Waals surface area contributed by atoms with Gasteiger partial charge in [-0.3, -0.25) is 15.1 Å². The standard InChI is InChI=1S/C16H17N5O2S/c1-2-23-12-6-3-5-11(9-12)17-16(22)14(15-18-20-21-19-15)10-13-7-4-8-24-13/h3-9,14H,2,10H2,1H3,(H2,17,18,19,20,21,22)/p-1/t14-/m1/s1. The predicted octanol–water partition coefficient (Wildman–Crippen LogP) is 2.25. The minimum absolute atomic E-state index is 0.202. The van der Waals surface area contributed by atoms with Crippen LogP contribution in [0, 0.1) is 0 Å². The number of nitrogens with zero attached hydrogens (tertiary/aromatic N) is 4. The van der Waals surface area contributed by atoms with Gasteiger partial charge in [0.25, 0.3) is 0 Å². The summed E-state index contributed by atoms with van der Waals surface area (Å²) in [7, 11) is 0. The highest BCUT2D eigenvalue weighted by Gasteiger charge is 2.21. The van der Waals surface area contributed by atoms with Crippen LogP contribution in [-0.2, 0) is 11.2 Å². The monoisotopic (exact) mass is 342 g/mol. The molecule has 1 amide bonds. The molecule has 24 heavy (non-hydrogen) atoms. The topological polar surface area (TPSA) is 91.1 Å². The number of tetrazole rings is 1. The molecule has 3 rings (SSSR count). The molecule has 0 aliphatic carbocycles. The van der Waals surface area contributed by atoms with E-state index in [1.807, 2.05) is 42.6 Å². The molecule has 7 nitrogen and oxygen atoms in total. The van der Waals surface area contributed by atoms with E-state index in [1.54, 1.807) is 17.4 Å². The van der Waals surface area contributed by atoms with Gasteiger partial charge in [-0.25, -0.2) is 0 Å². The van der Waals surface area contributed by atoms with E-state index in [2.05, 4.69) is 25.9 Å². The molecule has 1 aromatic carbocycles. The summed E-state index contributed by atoms with van der Waals surface area (Å²) < 4.78 is 5.45. The molecule has 0 saturated heterocycles. The first kappa shape index (κ1) is 16.1. The first-order valence-electron chi connectivity index (χ1n) is 7.51. The van der Waals surface area contributed by atoms with E-state index in [0.29, 0.717) is 30.3 Å². The summed E-state index contributed by atoms with van der Waals surface area (Å²) in [5.41, 5.74) is 0.662. The van der Waals surface area contributed by atoms with Crippen LogP contribution in [0.4, 0.5) is 5.69 Å². The van der Waals surface area contributed by atoms with Gasteiger partial charge in [-0.1, -0.05) is 12.1 Å². The quantitative estimate of drug-likeness (QED) is 0.708. The Bertz CT molecular complexity index is 774. The number of rotatable bonds is 7. The summed E-state index contributed by atoms with van der Waals surface area (Å²) in [5, 5.41) is 19.6. The van der Waals surface area contributed by atoms with Crippen LogP contribution in [0.5, 0.6) is 5.75 Å². The van der Waals surface area contributed by atoms with Crippen molar-refractivity contribution in [3.63, 3.8) is 0 Å². The second-order valence-corrected chi connectivity index (χ2v) is 6.06. The number of hydrogen-bond acceptors (Lipinski definition) is 6. The number of thiophene rings is 1. The van der Waals surface area contributed by atoms with Crippen molar-refractivity contribution in [2.45, 2.75) is 19.3 Å². The van der Waals surface area contributed by atoms with Gasteiger partial charge in [0.15, 0.2) is 0 Å². The Balaban J connectivity index is 1.77. The largest absolute Gasteiger partial charge is 0.494 e. The Morgan fingerprint density at radius 2 is 2.29 bits per heavy atom. The summed E-state index contributed by atoms with van der Waals surface area (Å²) >= 11 is 1.58. The number of amides is 1. The molecule has 124 valence electrons. The van der Waals surface area contributed by atoms with Crippen LogP contribution in [0.3, 0.4) is 0 Å². The van der Waals surface area contributed by atoms with Gasteiger partial charge in [-0.05, 0) is 36.9 Å². The van der Waals surface area contributed by atoms with E-state index in [9.17, 15) is 4.79 Å². The minimum atomic E-state index is -0.547. The molecule has 8 heteroatoms. The molecule has 3 aromatic rings.